The Balaban J connectivity index is 1.99. The molecule has 1 unspecified atom stereocenters. The Morgan fingerprint density at radius 1 is 1.33 bits per heavy atom. The summed E-state index contributed by atoms with van der Waals surface area (Å²) in [5.41, 5.74) is 3.73. The van der Waals surface area contributed by atoms with Crippen LogP contribution in [0.25, 0.3) is 6.08 Å². The first kappa shape index (κ1) is 17.1. The summed E-state index contributed by atoms with van der Waals surface area (Å²) in [6.07, 6.45) is 2.93. The Hall–Kier alpha value is -1.75. The topological polar surface area (TPSA) is 40.6 Å². The largest absolute Gasteiger partial charge is 0.366 e. The lowest BCUT2D eigenvalue weighted by atomic mass is 9.79. The van der Waals surface area contributed by atoms with Gasteiger partial charge in [-0.2, -0.15) is 0 Å². The van der Waals surface area contributed by atoms with Gasteiger partial charge >= 0.3 is 0 Å². The summed E-state index contributed by atoms with van der Waals surface area (Å²) < 4.78 is 0. The summed E-state index contributed by atoms with van der Waals surface area (Å²) in [4.78, 5) is 27.8. The van der Waals surface area contributed by atoms with Crippen LogP contribution in [-0.4, -0.2) is 35.2 Å². The van der Waals surface area contributed by atoms with Gasteiger partial charge in [-0.1, -0.05) is 13.0 Å². The van der Waals surface area contributed by atoms with Crippen LogP contribution in [0.15, 0.2) is 23.1 Å². The van der Waals surface area contributed by atoms with Crippen molar-refractivity contribution >= 4 is 34.7 Å². The molecule has 0 aliphatic carbocycles. The fourth-order valence-electron chi connectivity index (χ4n) is 3.89. The van der Waals surface area contributed by atoms with E-state index in [1.54, 1.807) is 0 Å². The molecular weight excluding hydrogens is 320 g/mol. The van der Waals surface area contributed by atoms with Crippen LogP contribution in [0.4, 0.5) is 10.5 Å². The van der Waals surface area contributed by atoms with E-state index < -0.39 is 0 Å². The lowest BCUT2D eigenvalue weighted by Crippen LogP contribution is -2.48. The van der Waals surface area contributed by atoms with E-state index in [0.29, 0.717) is 10.8 Å². The number of likely N-dealkylation sites (N-methyl/N-ethyl adjacent to an activating group) is 1. The molecule has 1 aromatic rings. The van der Waals surface area contributed by atoms with E-state index in [9.17, 15) is 9.59 Å². The van der Waals surface area contributed by atoms with Gasteiger partial charge in [0.25, 0.3) is 11.1 Å². The maximum Gasteiger partial charge on any atom is 0.293 e. The molecule has 0 aromatic heterocycles. The molecule has 0 spiro atoms. The number of carbonyl (C=O) groups excluding carboxylic acids is 2. The van der Waals surface area contributed by atoms with Crippen LogP contribution in [0.5, 0.6) is 0 Å². The second-order valence-corrected chi connectivity index (χ2v) is 8.21. The quantitative estimate of drug-likeness (QED) is 0.743. The molecule has 0 bridgehead atoms. The number of amides is 2. The monoisotopic (exact) mass is 344 g/mol. The molecule has 24 heavy (non-hydrogen) atoms. The van der Waals surface area contributed by atoms with Crippen LogP contribution in [-0.2, 0) is 4.79 Å². The highest BCUT2D eigenvalue weighted by Crippen LogP contribution is 2.43. The van der Waals surface area contributed by atoms with Crippen LogP contribution >= 0.6 is 11.8 Å². The predicted octanol–water partition coefficient (Wildman–Crippen LogP) is 4.46. The third-order valence-electron chi connectivity index (χ3n) is 5.01. The van der Waals surface area contributed by atoms with Gasteiger partial charge in [0, 0.05) is 24.8 Å². The predicted molar refractivity (Wildman–Crippen MR) is 100 cm³/mol. The van der Waals surface area contributed by atoms with E-state index in [1.165, 1.54) is 23.2 Å². The summed E-state index contributed by atoms with van der Waals surface area (Å²) in [7, 11) is 1.52. The molecule has 2 heterocycles. The van der Waals surface area contributed by atoms with Gasteiger partial charge in [-0.15, -0.1) is 0 Å². The maximum atomic E-state index is 12.1. The van der Waals surface area contributed by atoms with Crippen molar-refractivity contribution < 1.29 is 9.59 Å². The highest BCUT2D eigenvalue weighted by atomic mass is 32.2. The standard InChI is InChI=1S/C19H24N2O2S/c1-6-21-15-8-7-13(9-14(15)12(2)11-19(21,3)4)10-16-17(22)20(5)18(23)24-16/h7-10,12H,6,11H2,1-5H3/b16-10-. The van der Waals surface area contributed by atoms with Crippen molar-refractivity contribution in [2.75, 3.05) is 18.5 Å². The zero-order valence-corrected chi connectivity index (χ0v) is 15.7. The normalized spacial score (nSPS) is 24.7. The van der Waals surface area contributed by atoms with Crippen LogP contribution in [0.1, 0.15) is 51.2 Å². The molecular formula is C19H24N2O2S. The van der Waals surface area contributed by atoms with E-state index in [2.05, 4.69) is 44.7 Å². The number of thioether (sulfide) groups is 1. The van der Waals surface area contributed by atoms with Gasteiger partial charge in [-0.25, -0.2) is 0 Å². The van der Waals surface area contributed by atoms with Crippen LogP contribution < -0.4 is 4.90 Å². The van der Waals surface area contributed by atoms with Crippen molar-refractivity contribution in [2.24, 2.45) is 0 Å². The van der Waals surface area contributed by atoms with Gasteiger partial charge in [0.05, 0.1) is 4.91 Å². The zero-order valence-electron chi connectivity index (χ0n) is 14.9. The van der Waals surface area contributed by atoms with Gasteiger partial charge in [0.1, 0.15) is 0 Å². The first-order chi connectivity index (χ1) is 11.2. The van der Waals surface area contributed by atoms with E-state index in [1.807, 2.05) is 12.1 Å². The van der Waals surface area contributed by atoms with Gasteiger partial charge in [-0.05, 0) is 74.2 Å². The number of imide groups is 1. The highest BCUT2D eigenvalue weighted by molar-refractivity contribution is 8.18. The van der Waals surface area contributed by atoms with Crippen LogP contribution in [0.3, 0.4) is 0 Å². The molecule has 1 atom stereocenters. The van der Waals surface area contributed by atoms with Crippen molar-refractivity contribution in [3.63, 3.8) is 0 Å². The third-order valence-corrected chi connectivity index (χ3v) is 5.97. The number of benzene rings is 1. The minimum Gasteiger partial charge on any atom is -0.366 e. The van der Waals surface area contributed by atoms with Crippen LogP contribution in [0, 0.1) is 0 Å². The highest BCUT2D eigenvalue weighted by Gasteiger charge is 2.36. The summed E-state index contributed by atoms with van der Waals surface area (Å²) in [6, 6.07) is 6.36. The fraction of sp³-hybridized carbons (Fsp3) is 0.474. The summed E-state index contributed by atoms with van der Waals surface area (Å²) >= 11 is 1.01. The van der Waals surface area contributed by atoms with E-state index in [4.69, 9.17) is 0 Å². The summed E-state index contributed by atoms with van der Waals surface area (Å²) in [5, 5.41) is -0.212. The maximum absolute atomic E-state index is 12.1. The lowest BCUT2D eigenvalue weighted by Gasteiger charge is -2.47. The first-order valence-electron chi connectivity index (χ1n) is 8.37. The summed E-state index contributed by atoms with van der Waals surface area (Å²) in [6.45, 7) is 10.0. The number of rotatable bonds is 2. The Morgan fingerprint density at radius 3 is 2.62 bits per heavy atom. The molecule has 3 rings (SSSR count). The first-order valence-corrected chi connectivity index (χ1v) is 9.19. The molecule has 1 fully saturated rings. The molecule has 0 saturated carbocycles. The average Bonchev–Trinajstić information content (AvgIpc) is 2.75. The van der Waals surface area contributed by atoms with Gasteiger partial charge in [0.2, 0.25) is 0 Å². The fourth-order valence-corrected chi connectivity index (χ4v) is 4.72. The third kappa shape index (κ3) is 2.75. The van der Waals surface area contributed by atoms with Gasteiger partial charge in [-0.3, -0.25) is 14.5 Å². The van der Waals surface area contributed by atoms with Crippen molar-refractivity contribution in [1.82, 2.24) is 4.90 Å². The second kappa shape index (κ2) is 5.96. The van der Waals surface area contributed by atoms with Gasteiger partial charge < -0.3 is 4.90 Å². The number of anilines is 1. The van der Waals surface area contributed by atoms with E-state index in [-0.39, 0.29) is 16.7 Å². The SMILES string of the molecule is CCN1c2ccc(/C=C3\SC(=O)N(C)C3=O)cc2C(C)CC1(C)C. The number of hydrogen-bond donors (Lipinski definition) is 0. The molecule has 0 N–H and O–H groups in total. The Labute approximate surface area is 147 Å². The zero-order chi connectivity index (χ0) is 17.6. The number of nitrogens with zero attached hydrogens (tertiary/aromatic N) is 2. The van der Waals surface area contributed by atoms with E-state index >= 15 is 0 Å². The molecule has 2 aliphatic heterocycles. The molecule has 128 valence electrons. The van der Waals surface area contributed by atoms with Crippen molar-refractivity contribution in [3.8, 4) is 0 Å². The molecule has 1 aromatic carbocycles. The van der Waals surface area contributed by atoms with Gasteiger partial charge in [0.15, 0.2) is 0 Å². The van der Waals surface area contributed by atoms with Crippen LogP contribution in [0.2, 0.25) is 0 Å². The molecule has 2 aliphatic rings. The molecule has 1 saturated heterocycles. The Kier molecular flexibility index (Phi) is 4.24. The van der Waals surface area contributed by atoms with E-state index in [0.717, 1.165) is 30.3 Å². The van der Waals surface area contributed by atoms with Crippen molar-refractivity contribution in [1.29, 1.82) is 0 Å². The Bertz CT molecular complexity index is 739. The number of fused-ring (bicyclic) bond motifs is 1. The summed E-state index contributed by atoms with van der Waals surface area (Å²) in [5.74, 6) is 0.250. The Morgan fingerprint density at radius 2 is 2.04 bits per heavy atom. The number of hydrogen-bond acceptors (Lipinski definition) is 4. The van der Waals surface area contributed by atoms with Crippen molar-refractivity contribution in [2.45, 2.75) is 45.6 Å². The second-order valence-electron chi connectivity index (χ2n) is 7.22. The molecule has 4 nitrogen and oxygen atoms in total. The number of carbonyl (C=O) groups is 2. The minimum atomic E-state index is -0.216. The molecule has 2 amide bonds. The molecule has 0 radical (unpaired) electrons. The average molecular weight is 344 g/mol. The lowest BCUT2D eigenvalue weighted by molar-refractivity contribution is -0.121. The smallest absolute Gasteiger partial charge is 0.293 e. The molecule has 5 heteroatoms. The minimum absolute atomic E-state index is 0.146. The van der Waals surface area contributed by atoms with Crippen molar-refractivity contribution in [3.05, 3.63) is 34.2 Å².